The van der Waals surface area contributed by atoms with E-state index in [0.717, 1.165) is 59.4 Å². The zero-order valence-corrected chi connectivity index (χ0v) is 17.3. The molecule has 1 aromatic carbocycles. The number of hydrogen-bond acceptors (Lipinski definition) is 7. The molecule has 3 heterocycles. The van der Waals surface area contributed by atoms with Crippen molar-refractivity contribution in [3.63, 3.8) is 0 Å². The molecule has 29 heavy (non-hydrogen) atoms. The van der Waals surface area contributed by atoms with Crippen LogP contribution in [0.15, 0.2) is 52.2 Å². The molecule has 0 aliphatic heterocycles. The van der Waals surface area contributed by atoms with Crippen LogP contribution in [0.1, 0.15) is 25.0 Å². The molecular formula is C20H23N7OS. The van der Waals surface area contributed by atoms with Gasteiger partial charge in [-0.1, -0.05) is 48.5 Å². The average molecular weight is 410 g/mol. The molecule has 3 aromatic heterocycles. The molecule has 4 aromatic rings. The van der Waals surface area contributed by atoms with Crippen molar-refractivity contribution in [2.24, 2.45) is 7.05 Å². The maximum absolute atomic E-state index is 5.37. The third-order valence-corrected chi connectivity index (χ3v) is 5.76. The zero-order chi connectivity index (χ0) is 20.1. The molecule has 0 radical (unpaired) electrons. The molecule has 0 spiro atoms. The Kier molecular flexibility index (Phi) is 6.04. The SMILES string of the molecule is Cc1occc1-c1nnc(SCCCCCn2nnc(-c3ccccc3)n2)n1C. The van der Waals surface area contributed by atoms with Gasteiger partial charge in [-0.25, -0.2) is 0 Å². The van der Waals surface area contributed by atoms with Crippen molar-refractivity contribution in [3.8, 4) is 22.8 Å². The molecule has 0 aliphatic rings. The minimum atomic E-state index is 0.673. The Morgan fingerprint density at radius 1 is 1.00 bits per heavy atom. The number of unbranched alkanes of at least 4 members (excludes halogenated alkanes) is 2. The fraction of sp³-hybridized carbons (Fsp3) is 0.350. The van der Waals surface area contributed by atoms with Crippen LogP contribution in [0.3, 0.4) is 0 Å². The summed E-state index contributed by atoms with van der Waals surface area (Å²) in [7, 11) is 1.99. The molecule has 0 N–H and O–H groups in total. The van der Waals surface area contributed by atoms with Gasteiger partial charge in [0.1, 0.15) is 5.76 Å². The first-order valence-electron chi connectivity index (χ1n) is 9.62. The van der Waals surface area contributed by atoms with Crippen LogP contribution in [0.25, 0.3) is 22.8 Å². The lowest BCUT2D eigenvalue weighted by atomic mass is 10.2. The molecule has 0 fully saturated rings. The number of benzene rings is 1. The van der Waals surface area contributed by atoms with E-state index in [4.69, 9.17) is 4.42 Å². The van der Waals surface area contributed by atoms with Gasteiger partial charge in [0.05, 0.1) is 18.4 Å². The van der Waals surface area contributed by atoms with Gasteiger partial charge in [0.2, 0.25) is 5.82 Å². The minimum Gasteiger partial charge on any atom is -0.469 e. The van der Waals surface area contributed by atoms with Gasteiger partial charge in [-0.05, 0) is 31.0 Å². The van der Waals surface area contributed by atoms with E-state index in [1.807, 2.05) is 54.9 Å². The Bertz CT molecular complexity index is 1050. The lowest BCUT2D eigenvalue weighted by Crippen LogP contribution is -2.03. The lowest BCUT2D eigenvalue weighted by Gasteiger charge is -2.03. The van der Waals surface area contributed by atoms with Gasteiger partial charge in [0, 0.05) is 18.4 Å². The molecule has 0 amide bonds. The van der Waals surface area contributed by atoms with Gasteiger partial charge in [-0.15, -0.1) is 20.4 Å². The molecule has 0 aliphatic carbocycles. The van der Waals surface area contributed by atoms with Crippen LogP contribution in [0.4, 0.5) is 0 Å². The highest BCUT2D eigenvalue weighted by atomic mass is 32.2. The summed E-state index contributed by atoms with van der Waals surface area (Å²) >= 11 is 1.73. The van der Waals surface area contributed by atoms with E-state index in [-0.39, 0.29) is 0 Å². The van der Waals surface area contributed by atoms with Gasteiger partial charge >= 0.3 is 0 Å². The monoisotopic (exact) mass is 409 g/mol. The molecule has 150 valence electrons. The number of nitrogens with zero attached hydrogens (tertiary/aromatic N) is 7. The van der Waals surface area contributed by atoms with Gasteiger partial charge in [-0.2, -0.15) is 4.80 Å². The van der Waals surface area contributed by atoms with Crippen LogP contribution < -0.4 is 0 Å². The first-order valence-corrected chi connectivity index (χ1v) is 10.6. The van der Waals surface area contributed by atoms with E-state index in [9.17, 15) is 0 Å². The predicted octanol–water partition coefficient (Wildman–Crippen LogP) is 4.00. The summed E-state index contributed by atoms with van der Waals surface area (Å²) in [6, 6.07) is 11.8. The molecule has 0 saturated heterocycles. The number of rotatable bonds is 9. The summed E-state index contributed by atoms with van der Waals surface area (Å²) in [5.41, 5.74) is 1.98. The van der Waals surface area contributed by atoms with Crippen molar-refractivity contribution >= 4 is 11.8 Å². The summed E-state index contributed by atoms with van der Waals surface area (Å²) < 4.78 is 7.39. The number of aromatic nitrogens is 7. The normalized spacial score (nSPS) is 11.2. The van der Waals surface area contributed by atoms with Crippen molar-refractivity contribution in [2.75, 3.05) is 5.75 Å². The zero-order valence-electron chi connectivity index (χ0n) is 16.5. The average Bonchev–Trinajstić information content (AvgIpc) is 3.46. The van der Waals surface area contributed by atoms with Crippen LogP contribution in [0.2, 0.25) is 0 Å². The smallest absolute Gasteiger partial charge is 0.204 e. The van der Waals surface area contributed by atoms with E-state index in [2.05, 4.69) is 25.6 Å². The Morgan fingerprint density at radius 2 is 1.86 bits per heavy atom. The number of hydrogen-bond donors (Lipinski definition) is 0. The van der Waals surface area contributed by atoms with Gasteiger partial charge in [0.15, 0.2) is 11.0 Å². The summed E-state index contributed by atoms with van der Waals surface area (Å²) in [6.45, 7) is 2.71. The molecular weight excluding hydrogens is 386 g/mol. The highest BCUT2D eigenvalue weighted by Gasteiger charge is 2.14. The molecule has 4 rings (SSSR count). The van der Waals surface area contributed by atoms with Gasteiger partial charge < -0.3 is 8.98 Å². The fourth-order valence-corrected chi connectivity index (χ4v) is 3.94. The minimum absolute atomic E-state index is 0.673. The number of furan rings is 1. The molecule has 8 nitrogen and oxygen atoms in total. The van der Waals surface area contributed by atoms with Crippen LogP contribution in [0, 0.1) is 6.92 Å². The molecule has 0 saturated carbocycles. The maximum Gasteiger partial charge on any atom is 0.204 e. The first kappa shape index (κ1) is 19.4. The van der Waals surface area contributed by atoms with Gasteiger partial charge in [-0.3, -0.25) is 0 Å². The second-order valence-corrected chi connectivity index (χ2v) is 7.80. The van der Waals surface area contributed by atoms with Crippen molar-refractivity contribution in [2.45, 2.75) is 37.9 Å². The summed E-state index contributed by atoms with van der Waals surface area (Å²) in [4.78, 5) is 1.68. The lowest BCUT2D eigenvalue weighted by molar-refractivity contribution is 0.487. The number of tetrazole rings is 1. The summed E-state index contributed by atoms with van der Waals surface area (Å²) in [5, 5.41) is 22.3. The van der Waals surface area contributed by atoms with E-state index in [0.29, 0.717) is 5.82 Å². The quantitative estimate of drug-likeness (QED) is 0.305. The fourth-order valence-electron chi connectivity index (χ4n) is 3.03. The van der Waals surface area contributed by atoms with Crippen molar-refractivity contribution < 1.29 is 4.42 Å². The molecule has 9 heteroatoms. The predicted molar refractivity (Wildman–Crippen MR) is 111 cm³/mol. The van der Waals surface area contributed by atoms with Crippen molar-refractivity contribution in [1.82, 2.24) is 35.0 Å². The maximum atomic E-state index is 5.37. The van der Waals surface area contributed by atoms with Crippen LogP contribution in [-0.4, -0.2) is 40.7 Å². The topological polar surface area (TPSA) is 87.4 Å². The molecule has 0 atom stereocenters. The second kappa shape index (κ2) is 9.04. The highest BCUT2D eigenvalue weighted by Crippen LogP contribution is 2.26. The first-order chi connectivity index (χ1) is 14.2. The number of aryl methyl sites for hydroxylation is 2. The van der Waals surface area contributed by atoms with E-state index in [1.165, 1.54) is 0 Å². The van der Waals surface area contributed by atoms with E-state index < -0.39 is 0 Å². The van der Waals surface area contributed by atoms with Crippen molar-refractivity contribution in [1.29, 1.82) is 0 Å². The standard InChI is InChI=1S/C20H23N7OS/c1-15-17(11-13-28-15)19-22-23-20(26(19)2)29-14-8-4-7-12-27-24-18(21-25-27)16-9-5-3-6-10-16/h3,5-6,9-11,13H,4,7-8,12,14H2,1-2H3. The number of thioether (sulfide) groups is 1. The van der Waals surface area contributed by atoms with Crippen LogP contribution in [0.5, 0.6) is 0 Å². The summed E-state index contributed by atoms with van der Waals surface area (Å²) in [5.74, 6) is 3.36. The Hall–Kier alpha value is -2.94. The Morgan fingerprint density at radius 3 is 2.66 bits per heavy atom. The van der Waals surface area contributed by atoms with Crippen LogP contribution >= 0.6 is 11.8 Å². The van der Waals surface area contributed by atoms with E-state index >= 15 is 0 Å². The van der Waals surface area contributed by atoms with Crippen molar-refractivity contribution in [3.05, 3.63) is 48.4 Å². The third kappa shape index (κ3) is 4.56. The third-order valence-electron chi connectivity index (χ3n) is 4.65. The van der Waals surface area contributed by atoms with Crippen LogP contribution in [-0.2, 0) is 13.6 Å². The Labute approximate surface area is 173 Å². The Balaban J connectivity index is 1.20. The molecule has 0 unspecified atom stereocenters. The van der Waals surface area contributed by atoms with Gasteiger partial charge in [0.25, 0.3) is 0 Å². The summed E-state index contributed by atoms with van der Waals surface area (Å²) in [6.07, 6.45) is 4.89. The molecule has 0 bridgehead atoms. The van der Waals surface area contributed by atoms with E-state index in [1.54, 1.807) is 22.8 Å². The second-order valence-electron chi connectivity index (χ2n) is 6.74. The highest BCUT2D eigenvalue weighted by molar-refractivity contribution is 7.99. The largest absolute Gasteiger partial charge is 0.469 e.